The maximum absolute atomic E-state index is 13.4. The molecule has 3 nitrogen and oxygen atoms in total. The smallest absolute Gasteiger partial charge is 0.125 e. The minimum Gasteiger partial charge on any atom is -0.316 e. The fraction of sp³-hybridized carbons (Fsp3) is 0.471. The molecule has 1 atom stereocenters. The average molecular weight is 289 g/mol. The van der Waals surface area contributed by atoms with E-state index in [4.69, 9.17) is 0 Å². The molecule has 1 unspecified atom stereocenters. The molecule has 2 aromatic rings. The number of benzene rings is 1. The molecule has 0 spiro atoms. The van der Waals surface area contributed by atoms with Crippen molar-refractivity contribution in [2.45, 2.75) is 40.0 Å². The number of halogens is 1. The van der Waals surface area contributed by atoms with Crippen LogP contribution in [0.2, 0.25) is 0 Å². The summed E-state index contributed by atoms with van der Waals surface area (Å²) in [7, 11) is 0. The van der Waals surface area contributed by atoms with Crippen molar-refractivity contribution in [3.8, 4) is 5.69 Å². The SMILES string of the molecule is CCCNCC(C)c1c(C)nn(-c2cccc(F)c2)c1C. The Morgan fingerprint density at radius 2 is 2.10 bits per heavy atom. The fourth-order valence-electron chi connectivity index (χ4n) is 2.82. The van der Waals surface area contributed by atoms with Crippen molar-refractivity contribution in [3.05, 3.63) is 47.0 Å². The lowest BCUT2D eigenvalue weighted by atomic mass is 9.99. The second-order valence-electron chi connectivity index (χ2n) is 5.58. The third-order valence-corrected chi connectivity index (χ3v) is 3.77. The molecule has 0 aliphatic heterocycles. The highest BCUT2D eigenvalue weighted by molar-refractivity contribution is 5.38. The molecular formula is C17H24FN3. The highest BCUT2D eigenvalue weighted by Gasteiger charge is 2.18. The lowest BCUT2D eigenvalue weighted by molar-refractivity contribution is 0.605. The highest BCUT2D eigenvalue weighted by atomic mass is 19.1. The van der Waals surface area contributed by atoms with Gasteiger partial charge in [0.15, 0.2) is 0 Å². The predicted octanol–water partition coefficient (Wildman–Crippen LogP) is 3.73. The molecule has 21 heavy (non-hydrogen) atoms. The van der Waals surface area contributed by atoms with Crippen LogP contribution in [0.3, 0.4) is 0 Å². The predicted molar refractivity (Wildman–Crippen MR) is 84.6 cm³/mol. The largest absolute Gasteiger partial charge is 0.316 e. The van der Waals surface area contributed by atoms with Crippen LogP contribution in [0.25, 0.3) is 5.69 Å². The molecule has 2 rings (SSSR count). The molecule has 0 aliphatic carbocycles. The summed E-state index contributed by atoms with van der Waals surface area (Å²) < 4.78 is 15.2. The number of aromatic nitrogens is 2. The van der Waals surface area contributed by atoms with E-state index in [1.54, 1.807) is 6.07 Å². The summed E-state index contributed by atoms with van der Waals surface area (Å²) in [4.78, 5) is 0. The summed E-state index contributed by atoms with van der Waals surface area (Å²) in [5, 5.41) is 8.04. The van der Waals surface area contributed by atoms with Gasteiger partial charge in [0, 0.05) is 17.8 Å². The van der Waals surface area contributed by atoms with E-state index in [2.05, 4.69) is 31.2 Å². The van der Waals surface area contributed by atoms with E-state index in [1.165, 1.54) is 17.7 Å². The van der Waals surface area contributed by atoms with E-state index in [-0.39, 0.29) is 5.82 Å². The molecule has 1 aromatic heterocycles. The van der Waals surface area contributed by atoms with Crippen LogP contribution in [0.5, 0.6) is 0 Å². The molecule has 0 saturated carbocycles. The van der Waals surface area contributed by atoms with Gasteiger partial charge in [0.05, 0.1) is 11.4 Å². The molecule has 0 fully saturated rings. The van der Waals surface area contributed by atoms with Crippen molar-refractivity contribution in [2.24, 2.45) is 0 Å². The third-order valence-electron chi connectivity index (χ3n) is 3.77. The lowest BCUT2D eigenvalue weighted by Crippen LogP contribution is -2.21. The van der Waals surface area contributed by atoms with Gasteiger partial charge in [-0.1, -0.05) is 19.9 Å². The topological polar surface area (TPSA) is 29.9 Å². The summed E-state index contributed by atoms with van der Waals surface area (Å²) >= 11 is 0. The summed E-state index contributed by atoms with van der Waals surface area (Å²) in [6.45, 7) is 10.4. The van der Waals surface area contributed by atoms with E-state index < -0.39 is 0 Å². The molecule has 0 radical (unpaired) electrons. The molecule has 1 heterocycles. The van der Waals surface area contributed by atoms with Crippen LogP contribution in [0.15, 0.2) is 24.3 Å². The first-order valence-electron chi connectivity index (χ1n) is 7.57. The lowest BCUT2D eigenvalue weighted by Gasteiger charge is -2.13. The Balaban J connectivity index is 2.29. The molecule has 4 heteroatoms. The molecule has 1 N–H and O–H groups in total. The number of hydrogen-bond acceptors (Lipinski definition) is 2. The van der Waals surface area contributed by atoms with Crippen molar-refractivity contribution in [1.82, 2.24) is 15.1 Å². The van der Waals surface area contributed by atoms with Gasteiger partial charge in [-0.25, -0.2) is 9.07 Å². The van der Waals surface area contributed by atoms with Crippen molar-refractivity contribution < 1.29 is 4.39 Å². The van der Waals surface area contributed by atoms with Gasteiger partial charge in [0.2, 0.25) is 0 Å². The number of nitrogens with one attached hydrogen (secondary N) is 1. The van der Waals surface area contributed by atoms with Crippen LogP contribution in [-0.4, -0.2) is 22.9 Å². The quantitative estimate of drug-likeness (QED) is 0.821. The van der Waals surface area contributed by atoms with Crippen LogP contribution in [0, 0.1) is 19.7 Å². The van der Waals surface area contributed by atoms with Gasteiger partial charge in [-0.2, -0.15) is 5.10 Å². The van der Waals surface area contributed by atoms with Crippen LogP contribution >= 0.6 is 0 Å². The zero-order valence-electron chi connectivity index (χ0n) is 13.3. The average Bonchev–Trinajstić information content (AvgIpc) is 2.74. The van der Waals surface area contributed by atoms with Crippen molar-refractivity contribution in [3.63, 3.8) is 0 Å². The van der Waals surface area contributed by atoms with E-state index in [0.29, 0.717) is 5.92 Å². The van der Waals surface area contributed by atoms with E-state index in [0.717, 1.165) is 36.6 Å². The van der Waals surface area contributed by atoms with Crippen molar-refractivity contribution in [1.29, 1.82) is 0 Å². The third kappa shape index (κ3) is 3.50. The summed E-state index contributed by atoms with van der Waals surface area (Å²) in [6, 6.07) is 6.57. The van der Waals surface area contributed by atoms with Crippen molar-refractivity contribution >= 4 is 0 Å². The molecule has 0 amide bonds. The molecule has 0 aliphatic rings. The summed E-state index contributed by atoms with van der Waals surface area (Å²) in [5.74, 6) is 0.151. The van der Waals surface area contributed by atoms with Gasteiger partial charge in [-0.3, -0.25) is 0 Å². The minimum atomic E-state index is -0.237. The molecule has 0 saturated heterocycles. The molecular weight excluding hydrogens is 265 g/mol. The second kappa shape index (κ2) is 6.85. The van der Waals surface area contributed by atoms with Gasteiger partial charge in [0.25, 0.3) is 0 Å². The standard InChI is InChI=1S/C17H24FN3/c1-5-9-19-11-12(2)17-13(3)20-21(14(17)4)16-8-6-7-15(18)10-16/h6-8,10,12,19H,5,9,11H2,1-4H3. The Morgan fingerprint density at radius 3 is 2.76 bits per heavy atom. The first kappa shape index (κ1) is 15.7. The molecule has 1 aromatic carbocycles. The van der Waals surface area contributed by atoms with E-state index in [9.17, 15) is 4.39 Å². The van der Waals surface area contributed by atoms with Gasteiger partial charge >= 0.3 is 0 Å². The first-order chi connectivity index (χ1) is 10.0. The zero-order chi connectivity index (χ0) is 15.4. The highest BCUT2D eigenvalue weighted by Crippen LogP contribution is 2.25. The zero-order valence-corrected chi connectivity index (χ0v) is 13.3. The number of nitrogens with zero attached hydrogens (tertiary/aromatic N) is 2. The van der Waals surface area contributed by atoms with Gasteiger partial charge in [0.1, 0.15) is 5.82 Å². The van der Waals surface area contributed by atoms with Crippen molar-refractivity contribution in [2.75, 3.05) is 13.1 Å². The Morgan fingerprint density at radius 1 is 1.33 bits per heavy atom. The first-order valence-corrected chi connectivity index (χ1v) is 7.57. The number of aryl methyl sites for hydroxylation is 1. The van der Waals surface area contributed by atoms with Gasteiger partial charge in [-0.15, -0.1) is 0 Å². The number of hydrogen-bond donors (Lipinski definition) is 1. The van der Waals surface area contributed by atoms with E-state index >= 15 is 0 Å². The maximum Gasteiger partial charge on any atom is 0.125 e. The molecule has 0 bridgehead atoms. The Kier molecular flexibility index (Phi) is 5.12. The summed E-state index contributed by atoms with van der Waals surface area (Å²) in [5.41, 5.74) is 4.13. The van der Waals surface area contributed by atoms with Crippen LogP contribution in [0.4, 0.5) is 4.39 Å². The van der Waals surface area contributed by atoms with Crippen LogP contribution in [-0.2, 0) is 0 Å². The number of rotatable bonds is 6. The second-order valence-corrected chi connectivity index (χ2v) is 5.58. The van der Waals surface area contributed by atoms with Gasteiger partial charge in [-0.05, 0) is 50.9 Å². The van der Waals surface area contributed by atoms with E-state index in [1.807, 2.05) is 17.7 Å². The normalized spacial score (nSPS) is 12.6. The summed E-state index contributed by atoms with van der Waals surface area (Å²) in [6.07, 6.45) is 1.13. The molecule has 114 valence electrons. The Labute approximate surface area is 126 Å². The minimum absolute atomic E-state index is 0.237. The Hall–Kier alpha value is -1.68. The van der Waals surface area contributed by atoms with Crippen LogP contribution < -0.4 is 5.32 Å². The van der Waals surface area contributed by atoms with Gasteiger partial charge < -0.3 is 5.32 Å². The monoisotopic (exact) mass is 289 g/mol. The maximum atomic E-state index is 13.4. The van der Waals surface area contributed by atoms with Crippen LogP contribution in [0.1, 0.15) is 43.1 Å². The Bertz CT molecular complexity index is 604. The fourth-order valence-corrected chi connectivity index (χ4v) is 2.82.